The fourth-order valence-electron chi connectivity index (χ4n) is 2.77. The van der Waals surface area contributed by atoms with Crippen molar-refractivity contribution in [2.24, 2.45) is 0 Å². The number of hydrogen-bond donors (Lipinski definition) is 2. The van der Waals surface area contributed by atoms with E-state index in [4.69, 9.17) is 0 Å². The molecule has 0 saturated carbocycles. The van der Waals surface area contributed by atoms with Crippen LogP contribution in [0.25, 0.3) is 5.69 Å². The van der Waals surface area contributed by atoms with Crippen LogP contribution in [0.5, 0.6) is 0 Å². The van der Waals surface area contributed by atoms with Crippen molar-refractivity contribution in [3.05, 3.63) is 71.1 Å². The second-order valence-electron chi connectivity index (χ2n) is 6.13. The zero-order valence-corrected chi connectivity index (χ0v) is 14.7. The normalized spacial score (nSPS) is 12.0. The molecule has 0 saturated heterocycles. The van der Waals surface area contributed by atoms with E-state index < -0.39 is 0 Å². The number of Topliss-reactive ketones (excluding diaryl/α,β-unsaturated/α-hetero) is 1. The van der Waals surface area contributed by atoms with Gasteiger partial charge in [-0.15, -0.1) is 0 Å². The Morgan fingerprint density at radius 1 is 1.27 bits per heavy atom. The maximum Gasteiger partial charge on any atom is 0.268 e. The molecule has 3 rings (SSSR count). The number of benzene rings is 1. The molecule has 0 spiro atoms. The number of hydrogen-bond acceptors (Lipinski definition) is 3. The molecule has 2 heterocycles. The fourth-order valence-corrected chi connectivity index (χ4v) is 2.77. The van der Waals surface area contributed by atoms with Crippen LogP contribution in [0.2, 0.25) is 0 Å². The van der Waals surface area contributed by atoms with Crippen LogP contribution in [-0.4, -0.2) is 26.5 Å². The summed E-state index contributed by atoms with van der Waals surface area (Å²) in [5.41, 5.74) is 3.22. The quantitative estimate of drug-likeness (QED) is 0.690. The lowest BCUT2D eigenvalue weighted by Gasteiger charge is -2.13. The highest BCUT2D eigenvalue weighted by Gasteiger charge is 2.18. The Bertz CT molecular complexity index is 956. The van der Waals surface area contributed by atoms with Crippen molar-refractivity contribution >= 4 is 11.7 Å². The molecule has 1 aromatic carbocycles. The molecule has 0 aliphatic rings. The van der Waals surface area contributed by atoms with Gasteiger partial charge in [-0.1, -0.05) is 0 Å². The number of rotatable bonds is 5. The van der Waals surface area contributed by atoms with Crippen molar-refractivity contribution in [2.75, 3.05) is 0 Å². The van der Waals surface area contributed by atoms with E-state index in [0.717, 1.165) is 16.9 Å². The monoisotopic (exact) mass is 354 g/mol. The fraction of sp³-hybridized carbons (Fsp3) is 0.211. The van der Waals surface area contributed by atoms with Crippen LogP contribution in [0, 0.1) is 12.7 Å². The summed E-state index contributed by atoms with van der Waals surface area (Å²) in [4.78, 5) is 26.5. The highest BCUT2D eigenvalue weighted by atomic mass is 19.1. The summed E-state index contributed by atoms with van der Waals surface area (Å²) in [6.45, 7) is 5.18. The third kappa shape index (κ3) is 3.42. The summed E-state index contributed by atoms with van der Waals surface area (Å²) in [5.74, 6) is -0.723. The van der Waals surface area contributed by atoms with Crippen LogP contribution >= 0.6 is 0 Å². The maximum absolute atomic E-state index is 13.1. The number of carbonyl (C=O) groups is 2. The molecule has 0 aliphatic heterocycles. The molecule has 1 unspecified atom stereocenters. The highest BCUT2D eigenvalue weighted by Crippen LogP contribution is 2.21. The molecule has 26 heavy (non-hydrogen) atoms. The zero-order valence-electron chi connectivity index (χ0n) is 14.7. The minimum atomic E-state index is -0.310. The smallest absolute Gasteiger partial charge is 0.268 e. The van der Waals surface area contributed by atoms with E-state index in [1.807, 2.05) is 13.8 Å². The maximum atomic E-state index is 13.1. The molecule has 2 N–H and O–H groups in total. The summed E-state index contributed by atoms with van der Waals surface area (Å²) in [5, 5.41) is 7.22. The molecule has 7 heteroatoms. The number of nitrogens with one attached hydrogen (secondary N) is 2. The van der Waals surface area contributed by atoms with Crippen LogP contribution in [0.15, 0.2) is 42.7 Å². The van der Waals surface area contributed by atoms with Gasteiger partial charge >= 0.3 is 0 Å². The van der Waals surface area contributed by atoms with Crippen LogP contribution in [-0.2, 0) is 0 Å². The van der Waals surface area contributed by atoms with Crippen molar-refractivity contribution in [3.8, 4) is 5.69 Å². The average Bonchev–Trinajstić information content (AvgIpc) is 3.23. The van der Waals surface area contributed by atoms with E-state index in [2.05, 4.69) is 15.4 Å². The second-order valence-corrected chi connectivity index (χ2v) is 6.13. The van der Waals surface area contributed by atoms with E-state index in [1.165, 1.54) is 31.3 Å². The molecule has 0 radical (unpaired) electrons. The number of amides is 1. The summed E-state index contributed by atoms with van der Waals surface area (Å²) in [7, 11) is 0. The number of H-pyrrole nitrogens is 1. The lowest BCUT2D eigenvalue weighted by molar-refractivity contribution is 0.0935. The summed E-state index contributed by atoms with van der Waals surface area (Å²) < 4.78 is 14.8. The number of halogens is 1. The van der Waals surface area contributed by atoms with Gasteiger partial charge in [0.15, 0.2) is 5.78 Å². The molecule has 1 atom stereocenters. The lowest BCUT2D eigenvalue weighted by Crippen LogP contribution is -2.27. The number of ketones is 1. The molecule has 6 nitrogen and oxygen atoms in total. The Balaban J connectivity index is 1.77. The third-order valence-electron chi connectivity index (χ3n) is 4.27. The van der Waals surface area contributed by atoms with E-state index in [-0.39, 0.29) is 23.5 Å². The van der Waals surface area contributed by atoms with Crippen molar-refractivity contribution in [2.45, 2.75) is 26.8 Å². The number of nitrogens with zero attached hydrogens (tertiary/aromatic N) is 2. The Labute approximate surface area is 150 Å². The predicted octanol–water partition coefficient (Wildman–Crippen LogP) is 3.34. The molecule has 134 valence electrons. The number of carbonyl (C=O) groups excluding carboxylic acids is 2. The minimum absolute atomic E-state index is 0.107. The van der Waals surface area contributed by atoms with E-state index in [1.54, 1.807) is 23.0 Å². The lowest BCUT2D eigenvalue weighted by atomic mass is 10.1. The van der Waals surface area contributed by atoms with Gasteiger partial charge in [0.25, 0.3) is 5.91 Å². The SMILES string of the molecule is CC(=O)c1c[nH]c(C(=O)NC(C)c2cnn(-c3ccc(F)cc3)c2C)c1. The van der Waals surface area contributed by atoms with Gasteiger partial charge in [0.2, 0.25) is 0 Å². The van der Waals surface area contributed by atoms with Crippen LogP contribution in [0.1, 0.15) is 52.0 Å². The van der Waals surface area contributed by atoms with Crippen LogP contribution in [0.3, 0.4) is 0 Å². The van der Waals surface area contributed by atoms with Crippen molar-refractivity contribution in [3.63, 3.8) is 0 Å². The van der Waals surface area contributed by atoms with Gasteiger partial charge in [0.1, 0.15) is 11.5 Å². The first-order valence-corrected chi connectivity index (χ1v) is 8.17. The standard InChI is InChI=1S/C19H19FN4O2/c1-11(23-19(26)18-8-14(9-21-18)13(3)25)17-10-22-24(12(17)2)16-6-4-15(20)5-7-16/h4-11,21H,1-3H3,(H,23,26). The first kappa shape index (κ1) is 17.6. The largest absolute Gasteiger partial charge is 0.356 e. The van der Waals surface area contributed by atoms with E-state index >= 15 is 0 Å². The topological polar surface area (TPSA) is 79.8 Å². The number of aromatic amines is 1. The summed E-state index contributed by atoms with van der Waals surface area (Å²) in [6, 6.07) is 7.27. The van der Waals surface area contributed by atoms with Gasteiger partial charge in [-0.05, 0) is 51.1 Å². The van der Waals surface area contributed by atoms with Gasteiger partial charge in [-0.2, -0.15) is 5.10 Å². The molecule has 2 aromatic heterocycles. The predicted molar refractivity (Wildman–Crippen MR) is 94.9 cm³/mol. The van der Waals surface area contributed by atoms with Crippen LogP contribution in [0.4, 0.5) is 4.39 Å². The molecular weight excluding hydrogens is 335 g/mol. The molecule has 3 aromatic rings. The van der Waals surface area contributed by atoms with Gasteiger partial charge in [0.05, 0.1) is 17.9 Å². The van der Waals surface area contributed by atoms with Crippen molar-refractivity contribution < 1.29 is 14.0 Å². The van der Waals surface area contributed by atoms with Gasteiger partial charge in [-0.3, -0.25) is 9.59 Å². The molecule has 0 bridgehead atoms. The van der Waals surface area contributed by atoms with Gasteiger partial charge < -0.3 is 10.3 Å². The minimum Gasteiger partial charge on any atom is -0.356 e. The van der Waals surface area contributed by atoms with Crippen molar-refractivity contribution in [1.29, 1.82) is 0 Å². The van der Waals surface area contributed by atoms with Crippen LogP contribution < -0.4 is 5.32 Å². The first-order chi connectivity index (χ1) is 12.4. The molecule has 0 aliphatic carbocycles. The Hall–Kier alpha value is -3.22. The highest BCUT2D eigenvalue weighted by molar-refractivity contribution is 5.99. The van der Waals surface area contributed by atoms with E-state index in [0.29, 0.717) is 11.3 Å². The van der Waals surface area contributed by atoms with E-state index in [9.17, 15) is 14.0 Å². The number of aromatic nitrogens is 3. The molecule has 0 fully saturated rings. The Morgan fingerprint density at radius 2 is 1.96 bits per heavy atom. The molecule has 1 amide bonds. The third-order valence-corrected chi connectivity index (χ3v) is 4.27. The average molecular weight is 354 g/mol. The van der Waals surface area contributed by atoms with Gasteiger partial charge in [0, 0.05) is 23.0 Å². The Morgan fingerprint density at radius 3 is 2.58 bits per heavy atom. The summed E-state index contributed by atoms with van der Waals surface area (Å²) in [6.07, 6.45) is 3.19. The second kappa shape index (κ2) is 6.95. The molecular formula is C19H19FN4O2. The Kier molecular flexibility index (Phi) is 4.71. The van der Waals surface area contributed by atoms with Gasteiger partial charge in [-0.25, -0.2) is 9.07 Å². The summed E-state index contributed by atoms with van der Waals surface area (Å²) >= 11 is 0. The first-order valence-electron chi connectivity index (χ1n) is 8.17. The zero-order chi connectivity index (χ0) is 18.8. The van der Waals surface area contributed by atoms with Crippen molar-refractivity contribution in [1.82, 2.24) is 20.1 Å².